The molecule has 0 saturated carbocycles. The standard InChI is InChI=1S/C15H16N2O2/c18-10-14-2-1-7-17(14)15(19)12-4-3-11-5-6-16-9-13(11)8-12/h3-6,8-9,14,18H,1-2,7,10H2/t14-/m1/s1. The Balaban J connectivity index is 1.93. The number of benzene rings is 1. The number of pyridine rings is 1. The van der Waals surface area contributed by atoms with E-state index in [0.717, 1.165) is 30.2 Å². The molecule has 1 N–H and O–H groups in total. The fraction of sp³-hybridized carbons (Fsp3) is 0.333. The van der Waals surface area contributed by atoms with Crippen molar-refractivity contribution >= 4 is 16.7 Å². The summed E-state index contributed by atoms with van der Waals surface area (Å²) in [6.07, 6.45) is 5.36. The van der Waals surface area contributed by atoms with E-state index in [1.165, 1.54) is 0 Å². The molecular formula is C15H16N2O2. The van der Waals surface area contributed by atoms with Crippen molar-refractivity contribution in [3.63, 3.8) is 0 Å². The predicted molar refractivity (Wildman–Crippen MR) is 72.9 cm³/mol. The van der Waals surface area contributed by atoms with E-state index >= 15 is 0 Å². The van der Waals surface area contributed by atoms with E-state index in [9.17, 15) is 9.90 Å². The van der Waals surface area contributed by atoms with Gasteiger partial charge in [0.05, 0.1) is 12.6 Å². The summed E-state index contributed by atoms with van der Waals surface area (Å²) in [6, 6.07) is 7.55. The van der Waals surface area contributed by atoms with Crippen LogP contribution in [-0.2, 0) is 0 Å². The average molecular weight is 256 g/mol. The molecule has 1 fully saturated rings. The number of carbonyl (C=O) groups is 1. The van der Waals surface area contributed by atoms with Gasteiger partial charge in [-0.05, 0) is 36.4 Å². The fourth-order valence-electron chi connectivity index (χ4n) is 2.68. The van der Waals surface area contributed by atoms with Gasteiger partial charge in [-0.1, -0.05) is 6.07 Å². The Morgan fingerprint density at radius 1 is 1.37 bits per heavy atom. The maximum Gasteiger partial charge on any atom is 0.254 e. The van der Waals surface area contributed by atoms with Crippen molar-refractivity contribution in [1.29, 1.82) is 0 Å². The molecule has 1 aromatic carbocycles. The molecule has 2 heterocycles. The van der Waals surface area contributed by atoms with Crippen molar-refractivity contribution in [1.82, 2.24) is 9.88 Å². The van der Waals surface area contributed by atoms with Crippen LogP contribution in [0, 0.1) is 0 Å². The van der Waals surface area contributed by atoms with Gasteiger partial charge in [-0.25, -0.2) is 0 Å². The van der Waals surface area contributed by atoms with Crippen LogP contribution in [-0.4, -0.2) is 40.1 Å². The number of hydrogen-bond donors (Lipinski definition) is 1. The lowest BCUT2D eigenvalue weighted by Crippen LogP contribution is -2.37. The molecule has 0 bridgehead atoms. The monoisotopic (exact) mass is 256 g/mol. The van der Waals surface area contributed by atoms with Crippen LogP contribution in [0.1, 0.15) is 23.2 Å². The van der Waals surface area contributed by atoms with Crippen LogP contribution >= 0.6 is 0 Å². The summed E-state index contributed by atoms with van der Waals surface area (Å²) in [6.45, 7) is 0.774. The summed E-state index contributed by atoms with van der Waals surface area (Å²) in [5.74, 6) is 0.00213. The van der Waals surface area contributed by atoms with E-state index in [0.29, 0.717) is 5.56 Å². The van der Waals surface area contributed by atoms with Gasteiger partial charge in [0.1, 0.15) is 0 Å². The first-order chi connectivity index (χ1) is 9.29. The Kier molecular flexibility index (Phi) is 3.17. The zero-order chi connectivity index (χ0) is 13.2. The molecule has 1 aliphatic rings. The minimum Gasteiger partial charge on any atom is -0.394 e. The number of aliphatic hydroxyl groups excluding tert-OH is 1. The van der Waals surface area contributed by atoms with Crippen molar-refractivity contribution in [2.24, 2.45) is 0 Å². The highest BCUT2D eigenvalue weighted by Crippen LogP contribution is 2.21. The summed E-state index contributed by atoms with van der Waals surface area (Å²) in [4.78, 5) is 18.3. The van der Waals surface area contributed by atoms with Gasteiger partial charge in [-0.15, -0.1) is 0 Å². The van der Waals surface area contributed by atoms with Gasteiger partial charge in [0.2, 0.25) is 0 Å². The second-order valence-corrected chi connectivity index (χ2v) is 4.91. The number of fused-ring (bicyclic) bond motifs is 1. The van der Waals surface area contributed by atoms with Crippen molar-refractivity contribution in [3.8, 4) is 0 Å². The molecule has 0 spiro atoms. The first-order valence-corrected chi connectivity index (χ1v) is 6.55. The van der Waals surface area contributed by atoms with Gasteiger partial charge in [0, 0.05) is 29.9 Å². The molecule has 1 aliphatic heterocycles. The molecule has 0 aliphatic carbocycles. The lowest BCUT2D eigenvalue weighted by molar-refractivity contribution is 0.0678. The third-order valence-electron chi connectivity index (χ3n) is 3.74. The van der Waals surface area contributed by atoms with Crippen LogP contribution in [0.3, 0.4) is 0 Å². The Labute approximate surface area is 111 Å². The molecule has 1 amide bonds. The molecular weight excluding hydrogens is 240 g/mol. The number of aliphatic hydroxyl groups is 1. The van der Waals surface area contributed by atoms with Gasteiger partial charge in [0.25, 0.3) is 5.91 Å². The van der Waals surface area contributed by atoms with Gasteiger partial charge in [0.15, 0.2) is 0 Å². The first-order valence-electron chi connectivity index (χ1n) is 6.55. The molecule has 2 aromatic rings. The topological polar surface area (TPSA) is 53.4 Å². The largest absolute Gasteiger partial charge is 0.394 e. The van der Waals surface area contributed by atoms with Crippen molar-refractivity contribution < 1.29 is 9.90 Å². The minimum absolute atomic E-state index is 0.00213. The molecule has 0 unspecified atom stereocenters. The quantitative estimate of drug-likeness (QED) is 0.892. The molecule has 4 nitrogen and oxygen atoms in total. The van der Waals surface area contributed by atoms with E-state index in [2.05, 4.69) is 4.98 Å². The van der Waals surface area contributed by atoms with E-state index in [4.69, 9.17) is 0 Å². The maximum absolute atomic E-state index is 12.5. The highest BCUT2D eigenvalue weighted by atomic mass is 16.3. The van der Waals surface area contributed by atoms with Crippen LogP contribution in [0.2, 0.25) is 0 Å². The SMILES string of the molecule is O=C(c1ccc2ccncc2c1)N1CCC[C@@H]1CO. The fourth-order valence-corrected chi connectivity index (χ4v) is 2.68. The number of aromatic nitrogens is 1. The highest BCUT2D eigenvalue weighted by molar-refractivity contribution is 5.98. The van der Waals surface area contributed by atoms with E-state index < -0.39 is 0 Å². The van der Waals surface area contributed by atoms with E-state index in [1.807, 2.05) is 24.3 Å². The Hall–Kier alpha value is -1.94. The summed E-state index contributed by atoms with van der Waals surface area (Å²) >= 11 is 0. The normalized spacial score (nSPS) is 19.0. The summed E-state index contributed by atoms with van der Waals surface area (Å²) in [5, 5.41) is 11.3. The number of likely N-dealkylation sites (tertiary alicyclic amines) is 1. The number of nitrogens with zero attached hydrogens (tertiary/aromatic N) is 2. The summed E-state index contributed by atoms with van der Waals surface area (Å²) in [5.41, 5.74) is 0.667. The van der Waals surface area contributed by atoms with Crippen LogP contribution in [0.25, 0.3) is 10.8 Å². The lowest BCUT2D eigenvalue weighted by atomic mass is 10.1. The third-order valence-corrected chi connectivity index (χ3v) is 3.74. The third kappa shape index (κ3) is 2.19. The van der Waals surface area contributed by atoms with Crippen LogP contribution in [0.5, 0.6) is 0 Å². The number of amides is 1. The second kappa shape index (κ2) is 4.97. The predicted octanol–water partition coefficient (Wildman–Crippen LogP) is 1.83. The molecule has 19 heavy (non-hydrogen) atoms. The van der Waals surface area contributed by atoms with Gasteiger partial charge in [-0.2, -0.15) is 0 Å². The molecule has 1 atom stereocenters. The molecule has 3 rings (SSSR count). The first kappa shape index (κ1) is 12.1. The number of hydrogen-bond acceptors (Lipinski definition) is 3. The number of carbonyl (C=O) groups excluding carboxylic acids is 1. The van der Waals surface area contributed by atoms with Crippen molar-refractivity contribution in [2.75, 3.05) is 13.2 Å². The zero-order valence-corrected chi connectivity index (χ0v) is 10.6. The molecule has 1 aromatic heterocycles. The van der Waals surface area contributed by atoms with Crippen LogP contribution in [0.4, 0.5) is 0 Å². The van der Waals surface area contributed by atoms with Crippen LogP contribution < -0.4 is 0 Å². The minimum atomic E-state index is -0.0305. The van der Waals surface area contributed by atoms with Crippen molar-refractivity contribution in [3.05, 3.63) is 42.2 Å². The Bertz CT molecular complexity index is 612. The molecule has 0 radical (unpaired) electrons. The average Bonchev–Trinajstić information content (AvgIpc) is 2.94. The van der Waals surface area contributed by atoms with Gasteiger partial charge >= 0.3 is 0 Å². The number of rotatable bonds is 2. The van der Waals surface area contributed by atoms with E-state index in [-0.39, 0.29) is 18.6 Å². The van der Waals surface area contributed by atoms with Gasteiger partial charge < -0.3 is 10.0 Å². The summed E-state index contributed by atoms with van der Waals surface area (Å²) in [7, 11) is 0. The zero-order valence-electron chi connectivity index (χ0n) is 10.6. The second-order valence-electron chi connectivity index (χ2n) is 4.91. The summed E-state index contributed by atoms with van der Waals surface area (Å²) < 4.78 is 0. The Morgan fingerprint density at radius 3 is 3.11 bits per heavy atom. The maximum atomic E-state index is 12.5. The molecule has 4 heteroatoms. The molecule has 1 saturated heterocycles. The van der Waals surface area contributed by atoms with E-state index in [1.54, 1.807) is 17.3 Å². The van der Waals surface area contributed by atoms with Crippen molar-refractivity contribution in [2.45, 2.75) is 18.9 Å². The smallest absolute Gasteiger partial charge is 0.254 e. The molecule has 98 valence electrons. The van der Waals surface area contributed by atoms with Crippen LogP contribution in [0.15, 0.2) is 36.7 Å². The van der Waals surface area contributed by atoms with Gasteiger partial charge in [-0.3, -0.25) is 9.78 Å². The Morgan fingerprint density at radius 2 is 2.26 bits per heavy atom. The highest BCUT2D eigenvalue weighted by Gasteiger charge is 2.28. The lowest BCUT2D eigenvalue weighted by Gasteiger charge is -2.23.